The highest BCUT2D eigenvalue weighted by Crippen LogP contribution is 2.17. The number of para-hydroxylation sites is 1. The van der Waals surface area contributed by atoms with Gasteiger partial charge in [0.25, 0.3) is 5.91 Å². The van der Waals surface area contributed by atoms with Gasteiger partial charge in [0.2, 0.25) is 0 Å². The van der Waals surface area contributed by atoms with Crippen LogP contribution >= 0.6 is 0 Å². The number of anilines is 1. The monoisotopic (exact) mass is 337 g/mol. The van der Waals surface area contributed by atoms with E-state index in [0.29, 0.717) is 6.54 Å². The smallest absolute Gasteiger partial charge is 0.279 e. The summed E-state index contributed by atoms with van der Waals surface area (Å²) in [5.41, 5.74) is 3.60. The van der Waals surface area contributed by atoms with Crippen LogP contribution in [0.4, 0.5) is 5.69 Å². The molecule has 1 heterocycles. The molecule has 1 fully saturated rings. The molecule has 3 nitrogen and oxygen atoms in total. The minimum atomic E-state index is 0.136. The minimum Gasteiger partial charge on any atom is -0.327 e. The SMILES string of the molecule is CCc1ccccc1NC(=O)C[NH+]1CCC(Cc2ccccc2)CC1. The Morgan fingerprint density at radius 1 is 1.04 bits per heavy atom. The number of likely N-dealkylation sites (tertiary alicyclic amines) is 1. The lowest BCUT2D eigenvalue weighted by Crippen LogP contribution is -3.14. The molecule has 0 bridgehead atoms. The summed E-state index contributed by atoms with van der Waals surface area (Å²) < 4.78 is 0. The fourth-order valence-corrected chi connectivity index (χ4v) is 3.79. The first-order valence-electron chi connectivity index (χ1n) is 9.50. The van der Waals surface area contributed by atoms with E-state index in [4.69, 9.17) is 0 Å². The number of rotatable bonds is 6. The van der Waals surface area contributed by atoms with E-state index in [0.717, 1.165) is 31.1 Å². The summed E-state index contributed by atoms with van der Waals surface area (Å²) in [6, 6.07) is 18.8. The maximum absolute atomic E-state index is 12.4. The molecule has 0 unspecified atom stereocenters. The number of hydrogen-bond acceptors (Lipinski definition) is 1. The van der Waals surface area contributed by atoms with Crippen molar-refractivity contribution >= 4 is 11.6 Å². The Bertz CT molecular complexity index is 675. The summed E-state index contributed by atoms with van der Waals surface area (Å²) in [6.07, 6.45) is 4.53. The van der Waals surface area contributed by atoms with Gasteiger partial charge in [0.1, 0.15) is 0 Å². The van der Waals surface area contributed by atoms with Crippen molar-refractivity contribution < 1.29 is 9.69 Å². The molecule has 1 aliphatic heterocycles. The third-order valence-corrected chi connectivity index (χ3v) is 5.26. The molecule has 2 aromatic carbocycles. The number of quaternary nitrogens is 1. The Labute approximate surface area is 151 Å². The van der Waals surface area contributed by atoms with Gasteiger partial charge in [-0.2, -0.15) is 0 Å². The van der Waals surface area contributed by atoms with Crippen LogP contribution in [0, 0.1) is 5.92 Å². The maximum atomic E-state index is 12.4. The molecule has 0 saturated carbocycles. The zero-order chi connectivity index (χ0) is 17.5. The van der Waals surface area contributed by atoms with Crippen LogP contribution in [0.15, 0.2) is 54.6 Å². The second-order valence-corrected chi connectivity index (χ2v) is 7.12. The first-order valence-corrected chi connectivity index (χ1v) is 9.50. The molecule has 0 atom stereocenters. The zero-order valence-electron chi connectivity index (χ0n) is 15.1. The van der Waals surface area contributed by atoms with Crippen LogP contribution in [0.2, 0.25) is 0 Å². The van der Waals surface area contributed by atoms with Crippen molar-refractivity contribution in [2.45, 2.75) is 32.6 Å². The van der Waals surface area contributed by atoms with E-state index in [2.05, 4.69) is 48.6 Å². The molecule has 1 aliphatic rings. The van der Waals surface area contributed by atoms with Crippen LogP contribution in [-0.2, 0) is 17.6 Å². The average Bonchev–Trinajstić information content (AvgIpc) is 2.64. The highest BCUT2D eigenvalue weighted by atomic mass is 16.2. The van der Waals surface area contributed by atoms with Gasteiger partial charge in [0.15, 0.2) is 6.54 Å². The number of carbonyl (C=O) groups is 1. The van der Waals surface area contributed by atoms with Crippen molar-refractivity contribution in [3.63, 3.8) is 0 Å². The maximum Gasteiger partial charge on any atom is 0.279 e. The van der Waals surface area contributed by atoms with Crippen LogP contribution in [0.1, 0.15) is 30.9 Å². The molecule has 1 saturated heterocycles. The third-order valence-electron chi connectivity index (χ3n) is 5.26. The molecular formula is C22H29N2O+. The number of nitrogens with one attached hydrogen (secondary N) is 2. The summed E-state index contributed by atoms with van der Waals surface area (Å²) in [5, 5.41) is 3.10. The van der Waals surface area contributed by atoms with Crippen molar-refractivity contribution in [3.05, 3.63) is 65.7 Å². The molecule has 2 N–H and O–H groups in total. The normalized spacial score (nSPS) is 20.2. The van der Waals surface area contributed by atoms with Gasteiger partial charge in [0.05, 0.1) is 13.1 Å². The largest absolute Gasteiger partial charge is 0.327 e. The second kappa shape index (κ2) is 8.82. The summed E-state index contributed by atoms with van der Waals surface area (Å²) in [4.78, 5) is 13.8. The number of hydrogen-bond donors (Lipinski definition) is 2. The quantitative estimate of drug-likeness (QED) is 0.835. The fraction of sp³-hybridized carbons (Fsp3) is 0.409. The van der Waals surface area contributed by atoms with Gasteiger partial charge in [-0.15, -0.1) is 0 Å². The van der Waals surface area contributed by atoms with Crippen LogP contribution in [0.25, 0.3) is 0 Å². The third kappa shape index (κ3) is 5.17. The lowest BCUT2D eigenvalue weighted by Gasteiger charge is -2.29. The molecule has 2 aromatic rings. The van der Waals surface area contributed by atoms with Crippen molar-refractivity contribution in [1.29, 1.82) is 0 Å². The van der Waals surface area contributed by atoms with Crippen molar-refractivity contribution in [2.24, 2.45) is 5.92 Å². The van der Waals surface area contributed by atoms with Crippen molar-refractivity contribution in [2.75, 3.05) is 25.0 Å². The first kappa shape index (κ1) is 17.7. The molecule has 3 heteroatoms. The molecule has 3 rings (SSSR count). The molecule has 0 radical (unpaired) electrons. The van der Waals surface area contributed by atoms with Crippen LogP contribution < -0.4 is 10.2 Å². The Kier molecular flexibility index (Phi) is 6.24. The molecule has 0 aliphatic carbocycles. The van der Waals surface area contributed by atoms with E-state index in [1.807, 2.05) is 18.2 Å². The first-order chi connectivity index (χ1) is 12.2. The number of piperidine rings is 1. The zero-order valence-corrected chi connectivity index (χ0v) is 15.1. The molecule has 0 spiro atoms. The molecule has 25 heavy (non-hydrogen) atoms. The molecular weight excluding hydrogens is 308 g/mol. The van der Waals surface area contributed by atoms with E-state index in [-0.39, 0.29) is 5.91 Å². The predicted octanol–water partition coefficient (Wildman–Crippen LogP) is 2.73. The summed E-state index contributed by atoms with van der Waals surface area (Å²) in [6.45, 7) is 4.89. The lowest BCUT2D eigenvalue weighted by molar-refractivity contribution is -0.898. The van der Waals surface area contributed by atoms with Crippen LogP contribution in [0.5, 0.6) is 0 Å². The topological polar surface area (TPSA) is 33.5 Å². The van der Waals surface area contributed by atoms with Gasteiger partial charge >= 0.3 is 0 Å². The van der Waals surface area contributed by atoms with Crippen molar-refractivity contribution in [3.8, 4) is 0 Å². The van der Waals surface area contributed by atoms with Gasteiger partial charge in [-0.05, 0) is 48.8 Å². The average molecular weight is 337 g/mol. The van der Waals surface area contributed by atoms with Crippen LogP contribution in [0.3, 0.4) is 0 Å². The minimum absolute atomic E-state index is 0.136. The Morgan fingerprint density at radius 3 is 2.44 bits per heavy atom. The van der Waals surface area contributed by atoms with E-state index in [9.17, 15) is 4.79 Å². The number of carbonyl (C=O) groups excluding carboxylic acids is 1. The lowest BCUT2D eigenvalue weighted by atomic mass is 9.90. The second-order valence-electron chi connectivity index (χ2n) is 7.12. The standard InChI is InChI=1S/C22H28N2O/c1-2-20-10-6-7-11-21(20)23-22(25)17-24-14-12-19(13-15-24)16-18-8-4-3-5-9-18/h3-11,19H,2,12-17H2,1H3,(H,23,25)/p+1. The molecule has 132 valence electrons. The number of aryl methyl sites for hydroxylation is 1. The fourth-order valence-electron chi connectivity index (χ4n) is 3.79. The van der Waals surface area contributed by atoms with Gasteiger partial charge in [0, 0.05) is 5.69 Å². The summed E-state index contributed by atoms with van der Waals surface area (Å²) in [5.74, 6) is 0.896. The van der Waals surface area contributed by atoms with Crippen LogP contribution in [-0.4, -0.2) is 25.5 Å². The highest BCUT2D eigenvalue weighted by Gasteiger charge is 2.24. The molecule has 0 aromatic heterocycles. The highest BCUT2D eigenvalue weighted by molar-refractivity contribution is 5.92. The van der Waals surface area contributed by atoms with E-state index >= 15 is 0 Å². The van der Waals surface area contributed by atoms with Crippen molar-refractivity contribution in [1.82, 2.24) is 0 Å². The Hall–Kier alpha value is -2.13. The van der Waals surface area contributed by atoms with E-state index in [1.54, 1.807) is 0 Å². The van der Waals surface area contributed by atoms with Gasteiger partial charge < -0.3 is 10.2 Å². The number of amides is 1. The van der Waals surface area contributed by atoms with Gasteiger partial charge in [-0.25, -0.2) is 0 Å². The summed E-state index contributed by atoms with van der Waals surface area (Å²) >= 11 is 0. The molecule has 1 amide bonds. The van der Waals surface area contributed by atoms with E-state index < -0.39 is 0 Å². The summed E-state index contributed by atoms with van der Waals surface area (Å²) in [7, 11) is 0. The Balaban J connectivity index is 1.45. The Morgan fingerprint density at radius 2 is 1.72 bits per heavy atom. The van der Waals surface area contributed by atoms with Gasteiger partial charge in [-0.3, -0.25) is 4.79 Å². The van der Waals surface area contributed by atoms with Gasteiger partial charge in [-0.1, -0.05) is 55.5 Å². The number of benzene rings is 2. The predicted molar refractivity (Wildman–Crippen MR) is 103 cm³/mol. The van der Waals surface area contributed by atoms with E-state index in [1.165, 1.54) is 35.3 Å².